The van der Waals surface area contributed by atoms with Gasteiger partial charge in [0, 0.05) is 49.2 Å². The predicted molar refractivity (Wildman–Crippen MR) is 86.6 cm³/mol. The van der Waals surface area contributed by atoms with Crippen LogP contribution in [-0.2, 0) is 11.3 Å². The molecule has 1 aliphatic rings. The van der Waals surface area contributed by atoms with Crippen LogP contribution in [0.4, 0.5) is 0 Å². The molecule has 0 amide bonds. The lowest BCUT2D eigenvalue weighted by Crippen LogP contribution is -2.44. The molecule has 1 aromatic carbocycles. The van der Waals surface area contributed by atoms with E-state index in [4.69, 9.17) is 9.47 Å². The van der Waals surface area contributed by atoms with Crippen molar-refractivity contribution in [2.75, 3.05) is 26.4 Å². The van der Waals surface area contributed by atoms with E-state index in [-0.39, 0.29) is 0 Å². The van der Waals surface area contributed by atoms with Crippen LogP contribution in [0.25, 0.3) is 0 Å². The summed E-state index contributed by atoms with van der Waals surface area (Å²) < 4.78 is 12.1. The van der Waals surface area contributed by atoms with Gasteiger partial charge in [-0.1, -0.05) is 22.9 Å². The van der Waals surface area contributed by atoms with Crippen molar-refractivity contribution >= 4 is 15.9 Å². The lowest BCUT2D eigenvalue weighted by molar-refractivity contribution is -0.0617. The minimum Gasteiger partial charge on any atom is -0.493 e. The molecule has 1 aromatic rings. The van der Waals surface area contributed by atoms with E-state index in [1.165, 1.54) is 0 Å². The third-order valence-corrected chi connectivity index (χ3v) is 4.17. The van der Waals surface area contributed by atoms with Crippen molar-refractivity contribution in [2.24, 2.45) is 0 Å². The summed E-state index contributed by atoms with van der Waals surface area (Å²) in [6.07, 6.45) is 2.37. The Morgan fingerprint density at radius 3 is 2.86 bits per heavy atom. The first-order valence-electron chi connectivity index (χ1n) is 7.55. The van der Waals surface area contributed by atoms with Gasteiger partial charge in [0.05, 0.1) is 12.2 Å². The van der Waals surface area contributed by atoms with Crippen LogP contribution in [0.15, 0.2) is 22.7 Å². The Morgan fingerprint density at radius 2 is 2.14 bits per heavy atom. The summed E-state index contributed by atoms with van der Waals surface area (Å²) in [6.45, 7) is 5.35. The van der Waals surface area contributed by atoms with E-state index in [0.29, 0.717) is 39.1 Å². The maximum atomic E-state index is 10.4. The Labute approximate surface area is 135 Å². The zero-order valence-corrected chi connectivity index (χ0v) is 14.1. The number of rotatable bonds is 7. The molecule has 1 aliphatic heterocycles. The van der Waals surface area contributed by atoms with Gasteiger partial charge in [0.25, 0.3) is 0 Å². The molecule has 0 radical (unpaired) electrons. The monoisotopic (exact) mass is 357 g/mol. The van der Waals surface area contributed by atoms with E-state index in [9.17, 15) is 5.11 Å². The van der Waals surface area contributed by atoms with E-state index in [0.717, 1.165) is 28.8 Å². The number of aliphatic hydroxyl groups is 1. The van der Waals surface area contributed by atoms with Crippen LogP contribution < -0.4 is 10.1 Å². The second-order valence-electron chi connectivity index (χ2n) is 5.54. The van der Waals surface area contributed by atoms with Gasteiger partial charge in [-0.3, -0.25) is 0 Å². The zero-order valence-electron chi connectivity index (χ0n) is 12.5. The van der Waals surface area contributed by atoms with Crippen LogP contribution in [0.1, 0.15) is 31.7 Å². The third-order valence-electron chi connectivity index (χ3n) is 3.68. The molecule has 1 heterocycles. The first-order chi connectivity index (χ1) is 10.1. The highest BCUT2D eigenvalue weighted by Crippen LogP contribution is 2.24. The number of hydrogen-bond acceptors (Lipinski definition) is 4. The van der Waals surface area contributed by atoms with Crippen LogP contribution in [0.3, 0.4) is 0 Å². The fraction of sp³-hybridized carbons (Fsp3) is 0.625. The van der Waals surface area contributed by atoms with Crippen LogP contribution in [0.5, 0.6) is 5.75 Å². The molecule has 1 saturated heterocycles. The summed E-state index contributed by atoms with van der Waals surface area (Å²) in [7, 11) is 0. The van der Waals surface area contributed by atoms with Gasteiger partial charge in [0.1, 0.15) is 5.75 Å². The van der Waals surface area contributed by atoms with E-state index in [2.05, 4.69) is 34.2 Å². The summed E-state index contributed by atoms with van der Waals surface area (Å²) >= 11 is 3.49. The van der Waals surface area contributed by atoms with Crippen molar-refractivity contribution in [2.45, 2.75) is 38.3 Å². The predicted octanol–water partition coefficient (Wildman–Crippen LogP) is 2.87. The standard InChI is InChI=1S/C16H24BrNO3/c1-2-7-21-15-4-3-14(17)10-13(15)11-18-12-16(19)5-8-20-9-6-16/h3-4,10,18-19H,2,5-9,11-12H2,1H3. The Balaban J connectivity index is 1.90. The van der Waals surface area contributed by atoms with Crippen molar-refractivity contribution in [3.05, 3.63) is 28.2 Å². The number of nitrogens with one attached hydrogen (secondary N) is 1. The second-order valence-corrected chi connectivity index (χ2v) is 6.46. The molecule has 2 rings (SSSR count). The molecule has 0 bridgehead atoms. The third kappa shape index (κ3) is 5.25. The lowest BCUT2D eigenvalue weighted by atomic mass is 9.94. The van der Waals surface area contributed by atoms with E-state index in [1.807, 2.05) is 12.1 Å². The molecule has 0 spiro atoms. The average molecular weight is 358 g/mol. The molecule has 1 fully saturated rings. The van der Waals surface area contributed by atoms with Gasteiger partial charge < -0.3 is 19.9 Å². The minimum atomic E-state index is -0.644. The summed E-state index contributed by atoms with van der Waals surface area (Å²) in [6, 6.07) is 6.03. The molecule has 0 saturated carbocycles. The highest BCUT2D eigenvalue weighted by Gasteiger charge is 2.29. The fourth-order valence-electron chi connectivity index (χ4n) is 2.40. The first-order valence-corrected chi connectivity index (χ1v) is 8.34. The van der Waals surface area contributed by atoms with Crippen LogP contribution in [-0.4, -0.2) is 37.1 Å². The second kappa shape index (κ2) is 8.13. The molecule has 0 atom stereocenters. The minimum absolute atomic E-state index is 0.579. The Kier molecular flexibility index (Phi) is 6.48. The van der Waals surface area contributed by atoms with Crippen LogP contribution >= 0.6 is 15.9 Å². The first kappa shape index (κ1) is 16.7. The Bertz CT molecular complexity index is 447. The van der Waals surface area contributed by atoms with Gasteiger partial charge in [-0.15, -0.1) is 0 Å². The van der Waals surface area contributed by atoms with Gasteiger partial charge in [-0.2, -0.15) is 0 Å². The average Bonchev–Trinajstić information content (AvgIpc) is 2.47. The van der Waals surface area contributed by atoms with Gasteiger partial charge in [-0.05, 0) is 24.6 Å². The van der Waals surface area contributed by atoms with E-state index >= 15 is 0 Å². The molecule has 0 aromatic heterocycles. The Morgan fingerprint density at radius 1 is 1.38 bits per heavy atom. The SMILES string of the molecule is CCCOc1ccc(Br)cc1CNCC1(O)CCOCC1. The molecular formula is C16H24BrNO3. The van der Waals surface area contributed by atoms with E-state index in [1.54, 1.807) is 0 Å². The molecular weight excluding hydrogens is 334 g/mol. The number of halogens is 1. The molecule has 0 aliphatic carbocycles. The summed E-state index contributed by atoms with van der Waals surface area (Å²) in [5.74, 6) is 0.909. The van der Waals surface area contributed by atoms with Gasteiger partial charge >= 0.3 is 0 Å². The summed E-state index contributed by atoms with van der Waals surface area (Å²) in [4.78, 5) is 0. The van der Waals surface area contributed by atoms with Crippen molar-refractivity contribution in [1.82, 2.24) is 5.32 Å². The summed E-state index contributed by atoms with van der Waals surface area (Å²) in [5, 5.41) is 13.8. The van der Waals surface area contributed by atoms with Crippen LogP contribution in [0.2, 0.25) is 0 Å². The largest absolute Gasteiger partial charge is 0.493 e. The summed E-state index contributed by atoms with van der Waals surface area (Å²) in [5.41, 5.74) is 0.461. The molecule has 21 heavy (non-hydrogen) atoms. The highest BCUT2D eigenvalue weighted by molar-refractivity contribution is 9.10. The molecule has 2 N–H and O–H groups in total. The van der Waals surface area contributed by atoms with E-state index < -0.39 is 5.60 Å². The van der Waals surface area contributed by atoms with Crippen molar-refractivity contribution in [3.63, 3.8) is 0 Å². The quantitative estimate of drug-likeness (QED) is 0.787. The maximum Gasteiger partial charge on any atom is 0.123 e. The molecule has 5 heteroatoms. The molecule has 118 valence electrons. The van der Waals surface area contributed by atoms with Gasteiger partial charge in [-0.25, -0.2) is 0 Å². The van der Waals surface area contributed by atoms with Crippen molar-refractivity contribution < 1.29 is 14.6 Å². The van der Waals surface area contributed by atoms with Gasteiger partial charge in [0.15, 0.2) is 0 Å². The zero-order chi connectivity index (χ0) is 15.1. The highest BCUT2D eigenvalue weighted by atomic mass is 79.9. The maximum absolute atomic E-state index is 10.4. The normalized spacial score (nSPS) is 17.7. The topological polar surface area (TPSA) is 50.7 Å². The number of hydrogen-bond donors (Lipinski definition) is 2. The Hall–Kier alpha value is -0.620. The van der Waals surface area contributed by atoms with Crippen molar-refractivity contribution in [3.8, 4) is 5.75 Å². The molecule has 0 unspecified atom stereocenters. The smallest absolute Gasteiger partial charge is 0.123 e. The number of benzene rings is 1. The fourth-order valence-corrected chi connectivity index (χ4v) is 2.81. The lowest BCUT2D eigenvalue weighted by Gasteiger charge is -2.32. The number of ether oxygens (including phenoxy) is 2. The van der Waals surface area contributed by atoms with Crippen molar-refractivity contribution in [1.29, 1.82) is 0 Å². The van der Waals surface area contributed by atoms with Gasteiger partial charge in [0.2, 0.25) is 0 Å². The van der Waals surface area contributed by atoms with Crippen LogP contribution in [0, 0.1) is 0 Å². The molecule has 4 nitrogen and oxygen atoms in total.